The molecule has 3 aromatic rings. The number of aryl methyl sites for hydroxylation is 2. The van der Waals surface area contributed by atoms with Crippen molar-refractivity contribution in [3.63, 3.8) is 0 Å². The van der Waals surface area contributed by atoms with Crippen molar-refractivity contribution in [3.05, 3.63) is 42.2 Å². The first kappa shape index (κ1) is 13.3. The van der Waals surface area contributed by atoms with Gasteiger partial charge in [0, 0.05) is 7.05 Å². The molecule has 2 aromatic heterocycles. The number of benzene rings is 1. The highest BCUT2D eigenvalue weighted by molar-refractivity contribution is 5.86. The summed E-state index contributed by atoms with van der Waals surface area (Å²) in [6, 6.07) is 11.6. The van der Waals surface area contributed by atoms with E-state index in [2.05, 4.69) is 5.10 Å². The van der Waals surface area contributed by atoms with Gasteiger partial charge in [-0.25, -0.2) is 0 Å². The van der Waals surface area contributed by atoms with Crippen LogP contribution in [0.2, 0.25) is 0 Å². The Kier molecular flexibility index (Phi) is 3.17. The number of nitrogens with two attached hydrogens (primary N) is 1. The number of rotatable bonds is 3. The zero-order chi connectivity index (χ0) is 15.0. The van der Waals surface area contributed by atoms with Crippen LogP contribution in [0.1, 0.15) is 5.76 Å². The third-order valence-corrected chi connectivity index (χ3v) is 3.44. The summed E-state index contributed by atoms with van der Waals surface area (Å²) in [5, 5.41) is 4.48. The van der Waals surface area contributed by atoms with E-state index in [9.17, 15) is 0 Å². The van der Waals surface area contributed by atoms with Crippen molar-refractivity contribution < 1.29 is 9.15 Å². The van der Waals surface area contributed by atoms with Gasteiger partial charge in [0.15, 0.2) is 5.76 Å². The molecule has 0 radical (unpaired) electrons. The molecule has 0 amide bonds. The van der Waals surface area contributed by atoms with Crippen LogP contribution in [0.4, 0.5) is 5.82 Å². The van der Waals surface area contributed by atoms with Gasteiger partial charge in [-0.1, -0.05) is 12.1 Å². The summed E-state index contributed by atoms with van der Waals surface area (Å²) < 4.78 is 12.5. The molecular formula is C16H17N3O2. The molecule has 0 saturated carbocycles. The molecule has 0 aliphatic rings. The fraction of sp³-hybridized carbons (Fsp3) is 0.188. The van der Waals surface area contributed by atoms with Gasteiger partial charge in [0.05, 0.1) is 12.7 Å². The van der Waals surface area contributed by atoms with Gasteiger partial charge in [0.1, 0.15) is 23.0 Å². The maximum Gasteiger partial charge on any atom is 0.155 e. The summed E-state index contributed by atoms with van der Waals surface area (Å²) in [5.41, 5.74) is 8.77. The molecule has 0 saturated heterocycles. The molecule has 0 atom stereocenters. The van der Waals surface area contributed by atoms with E-state index in [1.807, 2.05) is 50.4 Å². The fourth-order valence-electron chi connectivity index (χ4n) is 2.31. The van der Waals surface area contributed by atoms with E-state index in [1.165, 1.54) is 0 Å². The van der Waals surface area contributed by atoms with Crippen molar-refractivity contribution in [2.75, 3.05) is 12.8 Å². The molecule has 0 unspecified atom stereocenters. The zero-order valence-electron chi connectivity index (χ0n) is 12.3. The molecule has 0 bridgehead atoms. The van der Waals surface area contributed by atoms with Crippen LogP contribution >= 0.6 is 0 Å². The Labute approximate surface area is 122 Å². The van der Waals surface area contributed by atoms with Crippen molar-refractivity contribution in [2.45, 2.75) is 6.92 Å². The third-order valence-electron chi connectivity index (χ3n) is 3.44. The number of nitrogen functional groups attached to an aromatic ring is 1. The van der Waals surface area contributed by atoms with E-state index in [-0.39, 0.29) is 0 Å². The summed E-state index contributed by atoms with van der Waals surface area (Å²) >= 11 is 0. The zero-order valence-corrected chi connectivity index (χ0v) is 12.3. The van der Waals surface area contributed by atoms with Crippen LogP contribution in [-0.4, -0.2) is 16.9 Å². The van der Waals surface area contributed by atoms with E-state index in [0.717, 1.165) is 28.3 Å². The van der Waals surface area contributed by atoms with Crippen LogP contribution < -0.4 is 10.5 Å². The molecule has 0 spiro atoms. The molecule has 0 fully saturated rings. The Morgan fingerprint density at radius 1 is 1.14 bits per heavy atom. The van der Waals surface area contributed by atoms with Crippen molar-refractivity contribution in [3.8, 4) is 28.3 Å². The lowest BCUT2D eigenvalue weighted by molar-refractivity contribution is 0.415. The standard InChI is InChI=1S/C16H17N3O2/c1-10-4-9-13(21-10)15-14(16(17)19(2)18-15)11-5-7-12(20-3)8-6-11/h4-9H,17H2,1-3H3. The lowest BCUT2D eigenvalue weighted by Gasteiger charge is -2.04. The number of hydrogen-bond acceptors (Lipinski definition) is 4. The van der Waals surface area contributed by atoms with Gasteiger partial charge in [0.2, 0.25) is 0 Å². The maximum absolute atomic E-state index is 6.18. The van der Waals surface area contributed by atoms with Crippen molar-refractivity contribution in [1.29, 1.82) is 0 Å². The average Bonchev–Trinajstić information content (AvgIpc) is 3.04. The summed E-state index contributed by atoms with van der Waals surface area (Å²) in [6.45, 7) is 1.91. The number of nitrogens with zero attached hydrogens (tertiary/aromatic N) is 2. The molecular weight excluding hydrogens is 266 g/mol. The van der Waals surface area contributed by atoms with Crippen molar-refractivity contribution in [2.24, 2.45) is 7.05 Å². The van der Waals surface area contributed by atoms with Gasteiger partial charge in [-0.3, -0.25) is 4.68 Å². The normalized spacial score (nSPS) is 10.8. The fourth-order valence-corrected chi connectivity index (χ4v) is 2.31. The third kappa shape index (κ3) is 2.27. The van der Waals surface area contributed by atoms with Gasteiger partial charge in [0.25, 0.3) is 0 Å². The highest BCUT2D eigenvalue weighted by Crippen LogP contribution is 2.37. The smallest absolute Gasteiger partial charge is 0.155 e. The Morgan fingerprint density at radius 3 is 2.43 bits per heavy atom. The first-order chi connectivity index (χ1) is 10.1. The number of furan rings is 1. The second kappa shape index (κ2) is 5.01. The SMILES string of the molecule is COc1ccc(-c2c(-c3ccc(C)o3)nn(C)c2N)cc1. The Bertz CT molecular complexity index is 769. The molecule has 5 heteroatoms. The van der Waals surface area contributed by atoms with Gasteiger partial charge in [-0.15, -0.1) is 0 Å². The minimum atomic E-state index is 0.601. The number of aromatic nitrogens is 2. The largest absolute Gasteiger partial charge is 0.497 e. The van der Waals surface area contributed by atoms with Gasteiger partial charge < -0.3 is 14.9 Å². The van der Waals surface area contributed by atoms with Crippen molar-refractivity contribution in [1.82, 2.24) is 9.78 Å². The average molecular weight is 283 g/mol. The Balaban J connectivity index is 2.16. The topological polar surface area (TPSA) is 66.2 Å². The van der Waals surface area contributed by atoms with Crippen LogP contribution in [0.3, 0.4) is 0 Å². The molecule has 0 aliphatic carbocycles. The second-order valence-electron chi connectivity index (χ2n) is 4.87. The molecule has 2 heterocycles. The molecule has 3 rings (SSSR count). The lowest BCUT2D eigenvalue weighted by Crippen LogP contribution is -1.98. The van der Waals surface area contributed by atoms with Crippen LogP contribution in [0, 0.1) is 6.92 Å². The van der Waals surface area contributed by atoms with Crippen molar-refractivity contribution >= 4 is 5.82 Å². The van der Waals surface area contributed by atoms with Gasteiger partial charge in [-0.05, 0) is 36.8 Å². The molecule has 0 aliphatic heterocycles. The first-order valence-electron chi connectivity index (χ1n) is 6.64. The molecule has 21 heavy (non-hydrogen) atoms. The highest BCUT2D eigenvalue weighted by Gasteiger charge is 2.19. The van der Waals surface area contributed by atoms with Crippen LogP contribution in [-0.2, 0) is 7.05 Å². The number of methoxy groups -OCH3 is 1. The monoisotopic (exact) mass is 283 g/mol. The van der Waals surface area contributed by atoms with E-state index in [0.29, 0.717) is 11.6 Å². The van der Waals surface area contributed by atoms with Crippen LogP contribution in [0.25, 0.3) is 22.6 Å². The quantitative estimate of drug-likeness (QED) is 0.801. The first-order valence-corrected chi connectivity index (χ1v) is 6.64. The Hall–Kier alpha value is -2.69. The van der Waals surface area contributed by atoms with Gasteiger partial charge >= 0.3 is 0 Å². The highest BCUT2D eigenvalue weighted by atomic mass is 16.5. The summed E-state index contributed by atoms with van der Waals surface area (Å²) in [7, 11) is 3.46. The molecule has 108 valence electrons. The number of ether oxygens (including phenoxy) is 1. The summed E-state index contributed by atoms with van der Waals surface area (Å²) in [4.78, 5) is 0. The molecule has 5 nitrogen and oxygen atoms in total. The predicted octanol–water partition coefficient (Wildman–Crippen LogP) is 3.25. The number of anilines is 1. The Morgan fingerprint density at radius 2 is 1.86 bits per heavy atom. The van der Waals surface area contributed by atoms with Crippen LogP contribution in [0.5, 0.6) is 5.75 Å². The predicted molar refractivity (Wildman–Crippen MR) is 82.0 cm³/mol. The van der Waals surface area contributed by atoms with E-state index >= 15 is 0 Å². The van der Waals surface area contributed by atoms with Crippen LogP contribution in [0.15, 0.2) is 40.8 Å². The van der Waals surface area contributed by atoms with E-state index < -0.39 is 0 Å². The maximum atomic E-state index is 6.18. The summed E-state index contributed by atoms with van der Waals surface area (Å²) in [5.74, 6) is 2.96. The molecule has 2 N–H and O–H groups in total. The second-order valence-corrected chi connectivity index (χ2v) is 4.87. The van der Waals surface area contributed by atoms with E-state index in [1.54, 1.807) is 11.8 Å². The van der Waals surface area contributed by atoms with Gasteiger partial charge in [-0.2, -0.15) is 5.10 Å². The minimum absolute atomic E-state index is 0.601. The lowest BCUT2D eigenvalue weighted by atomic mass is 10.0. The molecule has 1 aromatic carbocycles. The minimum Gasteiger partial charge on any atom is -0.497 e. The van der Waals surface area contributed by atoms with E-state index in [4.69, 9.17) is 14.9 Å². The number of hydrogen-bond donors (Lipinski definition) is 1. The summed E-state index contributed by atoms with van der Waals surface area (Å²) in [6.07, 6.45) is 0.